The van der Waals surface area contributed by atoms with Crippen molar-refractivity contribution >= 4 is 35.0 Å². The van der Waals surface area contributed by atoms with E-state index in [-0.39, 0.29) is 11.2 Å². The molecule has 140 valence electrons. The first-order valence-corrected chi connectivity index (χ1v) is 9.36. The number of hydrogen-bond acceptors (Lipinski definition) is 6. The van der Waals surface area contributed by atoms with Crippen molar-refractivity contribution in [3.8, 4) is 17.1 Å². The fourth-order valence-electron chi connectivity index (χ4n) is 2.37. The largest absolute Gasteiger partial charge is 0.495 e. The fourth-order valence-corrected chi connectivity index (χ4v) is 3.44. The Hall–Kier alpha value is -2.58. The molecule has 1 N–H and O–H groups in total. The molecule has 1 atom stereocenters. The molecule has 0 saturated carbocycles. The fraction of sp³-hybridized carbons (Fsp3) is 0.222. The predicted molar refractivity (Wildman–Crippen MR) is 106 cm³/mol. The smallest absolute Gasteiger partial charge is 0.237 e. The van der Waals surface area contributed by atoms with E-state index < -0.39 is 0 Å². The highest BCUT2D eigenvalue weighted by Crippen LogP contribution is 2.29. The number of amides is 1. The first kappa shape index (κ1) is 19.2. The Labute approximate surface area is 166 Å². The average molecular weight is 404 g/mol. The maximum atomic E-state index is 12.5. The lowest BCUT2D eigenvalue weighted by molar-refractivity contribution is -0.115. The van der Waals surface area contributed by atoms with Gasteiger partial charge in [-0.2, -0.15) is 0 Å². The van der Waals surface area contributed by atoms with Crippen LogP contribution in [0.5, 0.6) is 5.75 Å². The summed E-state index contributed by atoms with van der Waals surface area (Å²) in [7, 11) is 3.41. The SMILES string of the molecule is COc1ccc(NC(=O)[C@@H](C)Sc2nnc(-c3ccncc3)n2C)cc1Cl. The number of benzene rings is 1. The van der Waals surface area contributed by atoms with Gasteiger partial charge in [0.1, 0.15) is 5.75 Å². The van der Waals surface area contributed by atoms with Crippen LogP contribution >= 0.6 is 23.4 Å². The van der Waals surface area contributed by atoms with Gasteiger partial charge in [0, 0.05) is 30.7 Å². The van der Waals surface area contributed by atoms with Crippen molar-refractivity contribution in [3.05, 3.63) is 47.7 Å². The molecule has 0 aliphatic rings. The summed E-state index contributed by atoms with van der Waals surface area (Å²) >= 11 is 7.43. The summed E-state index contributed by atoms with van der Waals surface area (Å²) in [5.41, 5.74) is 1.52. The van der Waals surface area contributed by atoms with Crippen LogP contribution in [0.4, 0.5) is 5.69 Å². The number of hydrogen-bond donors (Lipinski definition) is 1. The quantitative estimate of drug-likeness (QED) is 0.632. The minimum atomic E-state index is -0.376. The number of nitrogens with one attached hydrogen (secondary N) is 1. The van der Waals surface area contributed by atoms with Gasteiger partial charge in [-0.3, -0.25) is 9.78 Å². The lowest BCUT2D eigenvalue weighted by atomic mass is 10.2. The van der Waals surface area contributed by atoms with Crippen molar-refractivity contribution in [1.29, 1.82) is 0 Å². The Balaban J connectivity index is 1.68. The first-order valence-electron chi connectivity index (χ1n) is 8.10. The highest BCUT2D eigenvalue weighted by atomic mass is 35.5. The summed E-state index contributed by atoms with van der Waals surface area (Å²) in [6, 6.07) is 8.83. The molecule has 2 heterocycles. The number of anilines is 1. The molecule has 1 amide bonds. The molecule has 0 radical (unpaired) electrons. The Kier molecular flexibility index (Phi) is 5.98. The molecule has 0 aliphatic carbocycles. The molecule has 9 heteroatoms. The summed E-state index contributed by atoms with van der Waals surface area (Å²) in [6.45, 7) is 1.81. The number of thioether (sulfide) groups is 1. The van der Waals surface area contributed by atoms with E-state index in [1.165, 1.54) is 11.8 Å². The van der Waals surface area contributed by atoms with Gasteiger partial charge in [0.25, 0.3) is 0 Å². The second-order valence-electron chi connectivity index (χ2n) is 5.70. The number of methoxy groups -OCH3 is 1. The molecule has 0 unspecified atom stereocenters. The van der Waals surface area contributed by atoms with Gasteiger partial charge in [0.05, 0.1) is 17.4 Å². The highest BCUT2D eigenvalue weighted by molar-refractivity contribution is 8.00. The third kappa shape index (κ3) is 4.40. The number of rotatable bonds is 6. The van der Waals surface area contributed by atoms with Crippen molar-refractivity contribution in [2.45, 2.75) is 17.3 Å². The monoisotopic (exact) mass is 403 g/mol. The highest BCUT2D eigenvalue weighted by Gasteiger charge is 2.19. The standard InChI is InChI=1S/C18H18ClN5O2S/c1-11(17(25)21-13-4-5-15(26-3)14(19)10-13)27-18-23-22-16(24(18)2)12-6-8-20-9-7-12/h4-11H,1-3H3,(H,21,25)/t11-/m1/s1. The zero-order chi connectivity index (χ0) is 19.4. The maximum absolute atomic E-state index is 12.5. The topological polar surface area (TPSA) is 81.9 Å². The van der Waals surface area contributed by atoms with Gasteiger partial charge in [-0.1, -0.05) is 23.4 Å². The third-order valence-corrected chi connectivity index (χ3v) is 5.27. The number of halogens is 1. The Morgan fingerprint density at radius 1 is 1.26 bits per heavy atom. The summed E-state index contributed by atoms with van der Waals surface area (Å²) in [5, 5.41) is 12.0. The van der Waals surface area contributed by atoms with Gasteiger partial charge in [-0.05, 0) is 37.3 Å². The minimum Gasteiger partial charge on any atom is -0.495 e. The average Bonchev–Trinajstić information content (AvgIpc) is 3.03. The van der Waals surface area contributed by atoms with Crippen LogP contribution in [0.3, 0.4) is 0 Å². The van der Waals surface area contributed by atoms with Crippen molar-refractivity contribution in [1.82, 2.24) is 19.7 Å². The molecule has 0 aliphatic heterocycles. The van der Waals surface area contributed by atoms with Crippen molar-refractivity contribution < 1.29 is 9.53 Å². The van der Waals surface area contributed by atoms with E-state index in [1.807, 2.05) is 30.7 Å². The van der Waals surface area contributed by atoms with Crippen LogP contribution < -0.4 is 10.1 Å². The molecule has 27 heavy (non-hydrogen) atoms. The van der Waals surface area contributed by atoms with E-state index in [0.29, 0.717) is 21.6 Å². The number of nitrogens with zero attached hydrogens (tertiary/aromatic N) is 4. The van der Waals surface area contributed by atoms with E-state index in [4.69, 9.17) is 16.3 Å². The zero-order valence-corrected chi connectivity index (χ0v) is 16.6. The van der Waals surface area contributed by atoms with E-state index in [1.54, 1.807) is 37.7 Å². The van der Waals surface area contributed by atoms with Gasteiger partial charge in [0.2, 0.25) is 5.91 Å². The van der Waals surface area contributed by atoms with Crippen molar-refractivity contribution in [2.24, 2.45) is 7.05 Å². The van der Waals surface area contributed by atoms with Crippen LogP contribution in [-0.4, -0.2) is 38.0 Å². The normalized spacial score (nSPS) is 11.9. The lowest BCUT2D eigenvalue weighted by Crippen LogP contribution is -2.22. The van der Waals surface area contributed by atoms with Crippen LogP contribution in [0, 0.1) is 0 Å². The van der Waals surface area contributed by atoms with Crippen LogP contribution in [0.2, 0.25) is 5.02 Å². The summed E-state index contributed by atoms with van der Waals surface area (Å²) < 4.78 is 6.97. The summed E-state index contributed by atoms with van der Waals surface area (Å²) in [4.78, 5) is 16.5. The van der Waals surface area contributed by atoms with E-state index >= 15 is 0 Å². The maximum Gasteiger partial charge on any atom is 0.237 e. The number of aromatic nitrogens is 4. The molecule has 2 aromatic heterocycles. The Morgan fingerprint density at radius 2 is 2.00 bits per heavy atom. The van der Waals surface area contributed by atoms with Gasteiger partial charge >= 0.3 is 0 Å². The van der Waals surface area contributed by atoms with E-state index in [2.05, 4.69) is 20.5 Å². The van der Waals surface area contributed by atoms with E-state index in [9.17, 15) is 4.79 Å². The second-order valence-corrected chi connectivity index (χ2v) is 7.41. The van der Waals surface area contributed by atoms with Crippen LogP contribution in [-0.2, 0) is 11.8 Å². The van der Waals surface area contributed by atoms with Crippen LogP contribution in [0.1, 0.15) is 6.92 Å². The van der Waals surface area contributed by atoms with Crippen molar-refractivity contribution in [2.75, 3.05) is 12.4 Å². The van der Waals surface area contributed by atoms with Gasteiger partial charge in [-0.25, -0.2) is 0 Å². The molecule has 7 nitrogen and oxygen atoms in total. The molecule has 0 spiro atoms. The van der Waals surface area contributed by atoms with Gasteiger partial charge in [-0.15, -0.1) is 10.2 Å². The van der Waals surface area contributed by atoms with E-state index in [0.717, 1.165) is 11.4 Å². The second kappa shape index (κ2) is 8.41. The van der Waals surface area contributed by atoms with Crippen LogP contribution in [0.25, 0.3) is 11.4 Å². The third-order valence-electron chi connectivity index (χ3n) is 3.84. The molecule has 3 aromatic rings. The van der Waals surface area contributed by atoms with Gasteiger partial charge in [0.15, 0.2) is 11.0 Å². The lowest BCUT2D eigenvalue weighted by Gasteiger charge is -2.12. The van der Waals surface area contributed by atoms with Crippen molar-refractivity contribution in [3.63, 3.8) is 0 Å². The number of carbonyl (C=O) groups excluding carboxylic acids is 1. The summed E-state index contributed by atoms with van der Waals surface area (Å²) in [6.07, 6.45) is 3.40. The molecule has 3 rings (SSSR count). The number of pyridine rings is 1. The Bertz CT molecular complexity index is 948. The van der Waals surface area contributed by atoms with Gasteiger partial charge < -0.3 is 14.6 Å². The minimum absolute atomic E-state index is 0.158. The Morgan fingerprint density at radius 3 is 2.67 bits per heavy atom. The molecule has 0 fully saturated rings. The summed E-state index contributed by atoms with van der Waals surface area (Å²) in [5.74, 6) is 1.11. The number of carbonyl (C=O) groups is 1. The predicted octanol–water partition coefficient (Wildman–Crippen LogP) is 3.66. The molecule has 0 saturated heterocycles. The first-order chi connectivity index (χ1) is 13.0. The van der Waals surface area contributed by atoms with Crippen LogP contribution in [0.15, 0.2) is 47.9 Å². The molecule has 1 aromatic carbocycles. The number of ether oxygens (including phenoxy) is 1. The molecule has 0 bridgehead atoms. The molecular formula is C18H18ClN5O2S. The molecular weight excluding hydrogens is 386 g/mol. The zero-order valence-electron chi connectivity index (χ0n) is 15.0.